The summed E-state index contributed by atoms with van der Waals surface area (Å²) in [5.41, 5.74) is 9.50. The van der Waals surface area contributed by atoms with E-state index in [2.05, 4.69) is 32.7 Å². The Labute approximate surface area is 133 Å². The molecule has 0 amide bonds. The fourth-order valence-electron chi connectivity index (χ4n) is 2.65. The molecule has 1 aliphatic rings. The van der Waals surface area contributed by atoms with E-state index in [4.69, 9.17) is 5.73 Å². The summed E-state index contributed by atoms with van der Waals surface area (Å²) < 4.78 is 0. The normalized spacial score (nSPS) is 14.7. The lowest BCUT2D eigenvalue weighted by atomic mass is 10.0. The smallest absolute Gasteiger partial charge is 0.0879 e. The molecule has 120 valence electrons. The Bertz CT molecular complexity index is 510. The first kappa shape index (κ1) is 16.4. The van der Waals surface area contributed by atoms with Crippen LogP contribution in [0.4, 0.5) is 11.4 Å². The number of allylic oxidation sites excluding steroid dienone is 1. The second-order valence-electron chi connectivity index (χ2n) is 5.44. The zero-order valence-electron chi connectivity index (χ0n) is 13.4. The van der Waals surface area contributed by atoms with E-state index in [1.807, 2.05) is 19.1 Å². The van der Waals surface area contributed by atoms with Gasteiger partial charge in [-0.25, -0.2) is 4.99 Å². The van der Waals surface area contributed by atoms with Crippen LogP contribution in [0.5, 0.6) is 0 Å². The molecule has 0 atom stereocenters. The van der Waals surface area contributed by atoms with Crippen LogP contribution >= 0.6 is 0 Å². The Hall–Kier alpha value is -2.01. The lowest BCUT2D eigenvalue weighted by Crippen LogP contribution is -2.37. The quantitative estimate of drug-likeness (QED) is 0.296. The van der Waals surface area contributed by atoms with Gasteiger partial charge in [0.15, 0.2) is 0 Å². The highest BCUT2D eigenvalue weighted by Gasteiger charge is 2.16. The van der Waals surface area contributed by atoms with E-state index in [9.17, 15) is 0 Å². The van der Waals surface area contributed by atoms with Crippen molar-refractivity contribution in [2.75, 3.05) is 43.4 Å². The van der Waals surface area contributed by atoms with Crippen LogP contribution in [-0.2, 0) is 6.42 Å². The lowest BCUT2D eigenvalue weighted by Gasteiger charge is -2.31. The lowest BCUT2D eigenvalue weighted by molar-refractivity contribution is 0.626. The van der Waals surface area contributed by atoms with Gasteiger partial charge < -0.3 is 21.3 Å². The highest BCUT2D eigenvalue weighted by atomic mass is 15.2. The number of nitrogens with two attached hydrogens (primary N) is 1. The molecule has 1 aromatic rings. The summed E-state index contributed by atoms with van der Waals surface area (Å²) in [5, 5.41) is 6.60. The predicted octanol–water partition coefficient (Wildman–Crippen LogP) is 1.76. The highest BCUT2D eigenvalue weighted by Crippen LogP contribution is 2.28. The van der Waals surface area contributed by atoms with E-state index in [1.165, 1.54) is 17.7 Å². The zero-order chi connectivity index (χ0) is 15.6. The number of nitrogens with one attached hydrogen (secondary N) is 2. The Balaban J connectivity index is 1.67. The van der Waals surface area contributed by atoms with Gasteiger partial charge in [0.25, 0.3) is 0 Å². The minimum Gasteiger partial charge on any atom is -0.399 e. The van der Waals surface area contributed by atoms with E-state index in [0.29, 0.717) is 0 Å². The molecule has 0 saturated heterocycles. The number of benzene rings is 1. The van der Waals surface area contributed by atoms with Crippen molar-refractivity contribution in [3.05, 3.63) is 36.0 Å². The van der Waals surface area contributed by atoms with E-state index in [1.54, 1.807) is 12.5 Å². The summed E-state index contributed by atoms with van der Waals surface area (Å²) in [5.74, 6) is 0. The van der Waals surface area contributed by atoms with Gasteiger partial charge >= 0.3 is 0 Å². The number of aryl methyl sites for hydroxylation is 1. The SMILES string of the molecule is C/C=C\N=C/NCCNCCN1CCCc2ccc(N)cc21. The van der Waals surface area contributed by atoms with E-state index < -0.39 is 0 Å². The Kier molecular flexibility index (Phi) is 6.77. The number of anilines is 2. The van der Waals surface area contributed by atoms with Gasteiger partial charge in [0, 0.05) is 50.3 Å². The summed E-state index contributed by atoms with van der Waals surface area (Å²) >= 11 is 0. The van der Waals surface area contributed by atoms with Gasteiger partial charge in [0.2, 0.25) is 0 Å². The summed E-state index contributed by atoms with van der Waals surface area (Å²) in [7, 11) is 0. The van der Waals surface area contributed by atoms with Crippen molar-refractivity contribution in [1.82, 2.24) is 10.6 Å². The van der Waals surface area contributed by atoms with Crippen molar-refractivity contribution >= 4 is 17.7 Å². The number of hydrogen-bond acceptors (Lipinski definition) is 4. The number of fused-ring (bicyclic) bond motifs is 1. The maximum Gasteiger partial charge on any atom is 0.0879 e. The Morgan fingerprint density at radius 1 is 1.32 bits per heavy atom. The van der Waals surface area contributed by atoms with Gasteiger partial charge in [0.05, 0.1) is 6.34 Å². The maximum absolute atomic E-state index is 5.92. The molecular weight excluding hydrogens is 274 g/mol. The van der Waals surface area contributed by atoms with Crippen LogP contribution in [0.25, 0.3) is 0 Å². The molecule has 0 aliphatic carbocycles. The molecule has 22 heavy (non-hydrogen) atoms. The van der Waals surface area contributed by atoms with Crippen molar-refractivity contribution in [2.24, 2.45) is 4.99 Å². The minimum atomic E-state index is 0.850. The topological polar surface area (TPSA) is 65.7 Å². The number of aliphatic imine (C=N–C) groups is 1. The van der Waals surface area contributed by atoms with Crippen LogP contribution in [0, 0.1) is 0 Å². The highest BCUT2D eigenvalue weighted by molar-refractivity contribution is 5.62. The number of rotatable bonds is 8. The summed E-state index contributed by atoms with van der Waals surface area (Å²) in [6, 6.07) is 6.27. The largest absolute Gasteiger partial charge is 0.399 e. The third-order valence-corrected chi connectivity index (χ3v) is 3.73. The molecule has 1 aromatic carbocycles. The molecule has 2 rings (SSSR count). The third-order valence-electron chi connectivity index (χ3n) is 3.73. The third kappa shape index (κ3) is 5.07. The van der Waals surface area contributed by atoms with Crippen LogP contribution in [0.1, 0.15) is 18.9 Å². The van der Waals surface area contributed by atoms with Gasteiger partial charge in [-0.05, 0) is 37.5 Å². The molecule has 0 spiro atoms. The zero-order valence-corrected chi connectivity index (χ0v) is 13.4. The summed E-state index contributed by atoms with van der Waals surface area (Å²) in [6.45, 7) is 6.87. The molecule has 0 bridgehead atoms. The molecule has 0 radical (unpaired) electrons. The molecule has 0 unspecified atom stereocenters. The molecule has 0 aromatic heterocycles. The van der Waals surface area contributed by atoms with Crippen molar-refractivity contribution in [3.8, 4) is 0 Å². The molecular formula is C17H27N5. The molecule has 0 saturated carbocycles. The second-order valence-corrected chi connectivity index (χ2v) is 5.44. The average molecular weight is 301 g/mol. The van der Waals surface area contributed by atoms with Crippen molar-refractivity contribution < 1.29 is 0 Å². The molecule has 1 aliphatic heterocycles. The Morgan fingerprint density at radius 2 is 2.23 bits per heavy atom. The number of nitrogens with zero attached hydrogens (tertiary/aromatic N) is 2. The van der Waals surface area contributed by atoms with Crippen LogP contribution in [0.3, 0.4) is 0 Å². The minimum absolute atomic E-state index is 0.850. The van der Waals surface area contributed by atoms with Gasteiger partial charge in [-0.3, -0.25) is 0 Å². The van der Waals surface area contributed by atoms with Gasteiger partial charge in [0.1, 0.15) is 0 Å². The van der Waals surface area contributed by atoms with Gasteiger partial charge in [-0.2, -0.15) is 0 Å². The first-order valence-electron chi connectivity index (χ1n) is 8.01. The maximum atomic E-state index is 5.92. The molecule has 0 fully saturated rings. The van der Waals surface area contributed by atoms with Crippen molar-refractivity contribution in [2.45, 2.75) is 19.8 Å². The van der Waals surface area contributed by atoms with E-state index in [-0.39, 0.29) is 0 Å². The number of hydrogen-bond donors (Lipinski definition) is 3. The fourth-order valence-corrected chi connectivity index (χ4v) is 2.65. The van der Waals surface area contributed by atoms with E-state index in [0.717, 1.165) is 44.8 Å². The number of nitrogen functional groups attached to an aromatic ring is 1. The summed E-state index contributed by atoms with van der Waals surface area (Å²) in [6.07, 6.45) is 7.78. The molecule has 5 nitrogen and oxygen atoms in total. The van der Waals surface area contributed by atoms with Gasteiger partial charge in [-0.1, -0.05) is 12.1 Å². The van der Waals surface area contributed by atoms with Crippen LogP contribution in [0.15, 0.2) is 35.5 Å². The van der Waals surface area contributed by atoms with Crippen LogP contribution in [0.2, 0.25) is 0 Å². The summed E-state index contributed by atoms with van der Waals surface area (Å²) in [4.78, 5) is 6.48. The molecule has 1 heterocycles. The van der Waals surface area contributed by atoms with Crippen LogP contribution in [-0.4, -0.2) is 39.1 Å². The Morgan fingerprint density at radius 3 is 3.09 bits per heavy atom. The first-order valence-corrected chi connectivity index (χ1v) is 8.01. The van der Waals surface area contributed by atoms with Gasteiger partial charge in [-0.15, -0.1) is 0 Å². The van der Waals surface area contributed by atoms with Crippen LogP contribution < -0.4 is 21.3 Å². The molecule has 5 heteroatoms. The van der Waals surface area contributed by atoms with E-state index >= 15 is 0 Å². The monoisotopic (exact) mass is 301 g/mol. The standard InChI is InChI=1S/C17H27N5/c1-2-7-20-14-21-9-8-19-10-12-22-11-3-4-15-5-6-16(18)13-17(15)22/h2,5-7,13-14,19H,3-4,8-12,18H2,1H3,(H,20,21)/b7-2-. The molecule has 4 N–H and O–H groups in total. The first-order chi connectivity index (χ1) is 10.8. The van der Waals surface area contributed by atoms with Crippen molar-refractivity contribution in [3.63, 3.8) is 0 Å². The fraction of sp³-hybridized carbons (Fsp3) is 0.471. The second kappa shape index (κ2) is 9.10. The van der Waals surface area contributed by atoms with Crippen molar-refractivity contribution in [1.29, 1.82) is 0 Å². The average Bonchev–Trinajstić information content (AvgIpc) is 2.53. The predicted molar refractivity (Wildman–Crippen MR) is 95.6 cm³/mol.